The number of nitrogen functional groups attached to an aromatic ring is 1. The summed E-state index contributed by atoms with van der Waals surface area (Å²) in [6.07, 6.45) is 5.42. The maximum Gasteiger partial charge on any atom is 0.272 e. The molecule has 112 valence electrons. The minimum Gasteiger partial charge on any atom is -0.383 e. The molecule has 0 bridgehead atoms. The van der Waals surface area contributed by atoms with Crippen LogP contribution in [-0.2, 0) is 7.05 Å². The van der Waals surface area contributed by atoms with E-state index in [4.69, 9.17) is 5.73 Å². The molecule has 0 radical (unpaired) electrons. The second-order valence-electron chi connectivity index (χ2n) is 5.61. The number of hydrogen-bond acceptors (Lipinski definition) is 5. The zero-order chi connectivity index (χ0) is 15.3. The summed E-state index contributed by atoms with van der Waals surface area (Å²) >= 11 is 0. The van der Waals surface area contributed by atoms with Crippen molar-refractivity contribution in [1.29, 1.82) is 0 Å². The van der Waals surface area contributed by atoms with Gasteiger partial charge in [0.1, 0.15) is 11.5 Å². The molecule has 7 heteroatoms. The van der Waals surface area contributed by atoms with Gasteiger partial charge in [-0.3, -0.25) is 9.48 Å². The highest BCUT2D eigenvalue weighted by Crippen LogP contribution is 2.27. The van der Waals surface area contributed by atoms with E-state index in [9.17, 15) is 4.79 Å². The summed E-state index contributed by atoms with van der Waals surface area (Å²) < 4.78 is 1.75. The third-order valence-electron chi connectivity index (χ3n) is 4.21. The summed E-state index contributed by atoms with van der Waals surface area (Å²) in [5, 5.41) is 5.88. The lowest BCUT2D eigenvalue weighted by atomic mass is 10.1. The largest absolute Gasteiger partial charge is 0.383 e. The van der Waals surface area contributed by atoms with E-state index in [2.05, 4.69) is 15.1 Å². The zero-order valence-corrected chi connectivity index (χ0v) is 12.3. The molecule has 0 atom stereocenters. The van der Waals surface area contributed by atoms with Crippen molar-refractivity contribution in [3.8, 4) is 0 Å². The summed E-state index contributed by atoms with van der Waals surface area (Å²) in [4.78, 5) is 23.0. The molecule has 1 fully saturated rings. The molecule has 0 aromatic carbocycles. The number of anilines is 1. The molecule has 0 spiro atoms. The van der Waals surface area contributed by atoms with Gasteiger partial charge in [0.25, 0.3) is 5.91 Å². The Morgan fingerprint density at radius 3 is 2.77 bits per heavy atom. The van der Waals surface area contributed by atoms with Crippen LogP contribution in [0.2, 0.25) is 0 Å². The van der Waals surface area contributed by atoms with Crippen LogP contribution in [0.3, 0.4) is 0 Å². The number of carbonyl (C=O) groups is 1. The number of rotatable bonds is 1. The van der Waals surface area contributed by atoms with Crippen LogP contribution in [0, 0.1) is 0 Å². The smallest absolute Gasteiger partial charge is 0.272 e. The SMILES string of the molecule is Cn1ncc2c(N)nc3cnc(C(=O)N4CCCC4)cc3c21. The van der Waals surface area contributed by atoms with Crippen LogP contribution in [0.4, 0.5) is 5.82 Å². The predicted molar refractivity (Wildman–Crippen MR) is 83.4 cm³/mol. The molecule has 7 nitrogen and oxygen atoms in total. The van der Waals surface area contributed by atoms with Crippen LogP contribution in [0.1, 0.15) is 23.3 Å². The van der Waals surface area contributed by atoms with Gasteiger partial charge in [-0.25, -0.2) is 9.97 Å². The lowest BCUT2D eigenvalue weighted by molar-refractivity contribution is 0.0787. The van der Waals surface area contributed by atoms with E-state index in [1.807, 2.05) is 11.9 Å². The molecule has 0 aliphatic carbocycles. The molecule has 4 rings (SSSR count). The van der Waals surface area contributed by atoms with E-state index in [1.165, 1.54) is 0 Å². The number of nitrogens with two attached hydrogens (primary N) is 1. The highest BCUT2D eigenvalue weighted by molar-refractivity contribution is 6.09. The molecule has 1 aliphatic heterocycles. The summed E-state index contributed by atoms with van der Waals surface area (Å²) in [5.41, 5.74) is 7.96. The molecule has 2 N–H and O–H groups in total. The van der Waals surface area contributed by atoms with E-state index < -0.39 is 0 Å². The molecule has 0 unspecified atom stereocenters. The third kappa shape index (κ3) is 1.82. The Bertz CT molecular complexity index is 894. The van der Waals surface area contributed by atoms with Gasteiger partial charge in [-0.05, 0) is 18.9 Å². The van der Waals surface area contributed by atoms with Gasteiger partial charge < -0.3 is 10.6 Å². The van der Waals surface area contributed by atoms with Gasteiger partial charge in [-0.15, -0.1) is 0 Å². The van der Waals surface area contributed by atoms with Crippen LogP contribution in [-0.4, -0.2) is 43.6 Å². The number of aryl methyl sites for hydroxylation is 1. The van der Waals surface area contributed by atoms with E-state index in [-0.39, 0.29) is 5.91 Å². The van der Waals surface area contributed by atoms with Crippen molar-refractivity contribution in [3.05, 3.63) is 24.2 Å². The van der Waals surface area contributed by atoms with Crippen LogP contribution in [0.15, 0.2) is 18.5 Å². The zero-order valence-electron chi connectivity index (χ0n) is 12.3. The number of nitrogens with zero attached hydrogens (tertiary/aromatic N) is 5. The first-order chi connectivity index (χ1) is 10.6. The second kappa shape index (κ2) is 4.66. The number of fused-ring (bicyclic) bond motifs is 3. The lowest BCUT2D eigenvalue weighted by Crippen LogP contribution is -2.28. The fraction of sp³-hybridized carbons (Fsp3) is 0.333. The van der Waals surface area contributed by atoms with Crippen LogP contribution >= 0.6 is 0 Å². The molecule has 1 aliphatic rings. The maximum atomic E-state index is 12.5. The molecule has 4 heterocycles. The molecule has 3 aromatic rings. The highest BCUT2D eigenvalue weighted by atomic mass is 16.2. The number of aromatic nitrogens is 4. The standard InChI is InChI=1S/C15H16N6O/c1-20-13-9-6-11(15(22)21-4-2-3-5-21)17-8-12(9)19-14(16)10(13)7-18-20/h6-8H,2-5H2,1H3,(H2,16,19). The van der Waals surface area contributed by atoms with Crippen molar-refractivity contribution in [1.82, 2.24) is 24.6 Å². The van der Waals surface area contributed by atoms with Gasteiger partial charge in [-0.1, -0.05) is 0 Å². The Balaban J connectivity index is 1.92. The van der Waals surface area contributed by atoms with Gasteiger partial charge >= 0.3 is 0 Å². The van der Waals surface area contributed by atoms with Gasteiger partial charge in [0.05, 0.1) is 28.8 Å². The van der Waals surface area contributed by atoms with Crippen LogP contribution in [0.5, 0.6) is 0 Å². The van der Waals surface area contributed by atoms with E-state index >= 15 is 0 Å². The first-order valence-electron chi connectivity index (χ1n) is 7.31. The number of likely N-dealkylation sites (tertiary alicyclic amines) is 1. The van der Waals surface area contributed by atoms with Gasteiger partial charge in [-0.2, -0.15) is 5.10 Å². The van der Waals surface area contributed by atoms with E-state index in [0.29, 0.717) is 17.0 Å². The topological polar surface area (TPSA) is 89.9 Å². The predicted octanol–water partition coefficient (Wildman–Crippen LogP) is 1.33. The van der Waals surface area contributed by atoms with Gasteiger partial charge in [0.15, 0.2) is 0 Å². The van der Waals surface area contributed by atoms with E-state index in [0.717, 1.165) is 42.2 Å². The molecular weight excluding hydrogens is 280 g/mol. The number of carbonyl (C=O) groups excluding carboxylic acids is 1. The normalized spacial score (nSPS) is 15.0. The number of hydrogen-bond donors (Lipinski definition) is 1. The van der Waals surface area contributed by atoms with E-state index in [1.54, 1.807) is 23.1 Å². The average Bonchev–Trinajstić information content (AvgIpc) is 3.17. The summed E-state index contributed by atoms with van der Waals surface area (Å²) in [6.45, 7) is 1.61. The Hall–Kier alpha value is -2.70. The van der Waals surface area contributed by atoms with Gasteiger partial charge in [0.2, 0.25) is 0 Å². The van der Waals surface area contributed by atoms with Crippen molar-refractivity contribution in [2.24, 2.45) is 7.05 Å². The Labute approximate surface area is 126 Å². The van der Waals surface area contributed by atoms with Crippen molar-refractivity contribution in [3.63, 3.8) is 0 Å². The first kappa shape index (κ1) is 13.0. The maximum absolute atomic E-state index is 12.5. The number of amides is 1. The Morgan fingerprint density at radius 2 is 2.00 bits per heavy atom. The number of pyridine rings is 2. The summed E-state index contributed by atoms with van der Waals surface area (Å²) in [6, 6.07) is 1.80. The summed E-state index contributed by atoms with van der Waals surface area (Å²) in [5.74, 6) is 0.405. The quantitative estimate of drug-likeness (QED) is 0.731. The highest BCUT2D eigenvalue weighted by Gasteiger charge is 2.21. The molecule has 22 heavy (non-hydrogen) atoms. The second-order valence-corrected chi connectivity index (χ2v) is 5.61. The van der Waals surface area contributed by atoms with Crippen LogP contribution in [0.25, 0.3) is 21.8 Å². The minimum absolute atomic E-state index is 0.0217. The molecular formula is C15H16N6O. The monoisotopic (exact) mass is 296 g/mol. The minimum atomic E-state index is -0.0217. The Kier molecular flexibility index (Phi) is 2.75. The van der Waals surface area contributed by atoms with Crippen LogP contribution < -0.4 is 5.73 Å². The van der Waals surface area contributed by atoms with Gasteiger partial charge in [0, 0.05) is 25.5 Å². The first-order valence-corrected chi connectivity index (χ1v) is 7.31. The van der Waals surface area contributed by atoms with Crippen molar-refractivity contribution in [2.45, 2.75) is 12.8 Å². The Morgan fingerprint density at radius 1 is 1.23 bits per heavy atom. The fourth-order valence-corrected chi connectivity index (χ4v) is 3.06. The molecule has 1 saturated heterocycles. The molecule has 1 amide bonds. The molecule has 0 saturated carbocycles. The average molecular weight is 296 g/mol. The lowest BCUT2D eigenvalue weighted by Gasteiger charge is -2.14. The van der Waals surface area contributed by atoms with Crippen molar-refractivity contribution in [2.75, 3.05) is 18.8 Å². The van der Waals surface area contributed by atoms with Crippen molar-refractivity contribution < 1.29 is 4.79 Å². The van der Waals surface area contributed by atoms with Crippen molar-refractivity contribution >= 4 is 33.5 Å². The third-order valence-corrected chi connectivity index (χ3v) is 4.21. The summed E-state index contributed by atoms with van der Waals surface area (Å²) in [7, 11) is 1.85. The molecule has 3 aromatic heterocycles. The fourth-order valence-electron chi connectivity index (χ4n) is 3.06.